The van der Waals surface area contributed by atoms with Crippen molar-refractivity contribution in [2.75, 3.05) is 21.3 Å². The van der Waals surface area contributed by atoms with Gasteiger partial charge in [-0.1, -0.05) is 81.6 Å². The highest BCUT2D eigenvalue weighted by Gasteiger charge is 2.57. The van der Waals surface area contributed by atoms with Crippen LogP contribution < -0.4 is 0 Å². The van der Waals surface area contributed by atoms with Gasteiger partial charge in [0.2, 0.25) is 0 Å². The summed E-state index contributed by atoms with van der Waals surface area (Å²) in [5.41, 5.74) is 0. The molecule has 11 heteroatoms. The third-order valence-corrected chi connectivity index (χ3v) is 34.0. The molecule has 6 nitrogen and oxygen atoms in total. The van der Waals surface area contributed by atoms with Gasteiger partial charge in [-0.3, -0.25) is 0 Å². The molecule has 0 saturated heterocycles. The topological polar surface area (TPSA) is 55.4 Å². The molecule has 0 radical (unpaired) electrons. The monoisotopic (exact) mass is 640 g/mol. The van der Waals surface area contributed by atoms with E-state index in [0.29, 0.717) is 0 Å². The molecule has 0 aromatic rings. The largest absolute Gasteiger partial charge is 0.500 e. The van der Waals surface area contributed by atoms with E-state index in [1.54, 1.807) is 21.3 Å². The molecule has 0 heterocycles. The predicted octanol–water partition coefficient (Wildman–Crippen LogP) is 9.82. The van der Waals surface area contributed by atoms with Crippen molar-refractivity contribution in [3.05, 3.63) is 0 Å². The fourth-order valence-corrected chi connectivity index (χ4v) is 21.9. The van der Waals surface area contributed by atoms with E-state index in [0.717, 1.165) is 44.2 Å². The molecule has 0 fully saturated rings. The summed E-state index contributed by atoms with van der Waals surface area (Å²) in [6.07, 6.45) is 5.54. The molecule has 0 N–H and O–H groups in total. The fraction of sp³-hybridized carbons (Fsp3) is 1.00. The van der Waals surface area contributed by atoms with Gasteiger partial charge in [-0.15, -0.1) is 0 Å². The average Bonchev–Trinajstić information content (AvgIpc) is 2.72. The third-order valence-electron chi connectivity index (χ3n) is 9.55. The molecule has 0 aromatic heterocycles. The van der Waals surface area contributed by atoms with Crippen LogP contribution in [0.25, 0.3) is 0 Å². The molecule has 0 aliphatic rings. The van der Waals surface area contributed by atoms with Crippen molar-refractivity contribution in [3.8, 4) is 0 Å². The summed E-state index contributed by atoms with van der Waals surface area (Å²) in [4.78, 5) is 0. The Morgan fingerprint density at radius 1 is 0.385 bits per heavy atom. The van der Waals surface area contributed by atoms with Crippen LogP contribution in [0.3, 0.4) is 0 Å². The number of unbranched alkanes of at least 4 members (excludes halogenated alkanes) is 4. The van der Waals surface area contributed by atoms with Crippen molar-refractivity contribution < 1.29 is 25.6 Å². The number of rotatable bonds is 17. The lowest BCUT2D eigenvalue weighted by Crippen LogP contribution is -2.65. The second kappa shape index (κ2) is 14.5. The van der Waals surface area contributed by atoms with Gasteiger partial charge in [0.05, 0.1) is 0 Å². The van der Waals surface area contributed by atoms with Gasteiger partial charge in [-0.05, 0) is 67.2 Å². The van der Waals surface area contributed by atoms with E-state index < -0.39 is 42.6 Å². The highest BCUT2D eigenvalue weighted by molar-refractivity contribution is 6.92. The van der Waals surface area contributed by atoms with Gasteiger partial charge in [-0.2, -0.15) is 0 Å². The van der Waals surface area contributed by atoms with E-state index >= 15 is 0 Å². The molecule has 0 atom stereocenters. The summed E-state index contributed by atoms with van der Waals surface area (Å²) in [6, 6.07) is 1.75. The van der Waals surface area contributed by atoms with E-state index in [-0.39, 0.29) is 15.1 Å². The Kier molecular flexibility index (Phi) is 14.9. The molecule has 0 spiro atoms. The minimum absolute atomic E-state index is 0.0826. The summed E-state index contributed by atoms with van der Waals surface area (Å²) in [5.74, 6) is 0. The lowest BCUT2D eigenvalue weighted by atomic mass is 10.2. The maximum absolute atomic E-state index is 7.43. The van der Waals surface area contributed by atoms with Gasteiger partial charge in [0.15, 0.2) is 25.0 Å². The Hall–Kier alpha value is 0.844. The van der Waals surface area contributed by atoms with Crippen molar-refractivity contribution in [1.82, 2.24) is 0 Å². The lowest BCUT2D eigenvalue weighted by Gasteiger charge is -2.52. The third kappa shape index (κ3) is 11.8. The Balaban J connectivity index is 6.06. The molecular weight excluding hydrogens is 573 g/mol. The zero-order chi connectivity index (χ0) is 31.2. The smallest absolute Gasteiger partial charge is 0.416 e. The van der Waals surface area contributed by atoms with Crippen LogP contribution in [0.5, 0.6) is 0 Å². The van der Waals surface area contributed by atoms with Crippen molar-refractivity contribution >= 4 is 42.6 Å². The quantitative estimate of drug-likeness (QED) is 0.116. The van der Waals surface area contributed by atoms with Gasteiger partial charge in [0, 0.05) is 33.4 Å². The molecule has 39 heavy (non-hydrogen) atoms. The van der Waals surface area contributed by atoms with Crippen molar-refractivity contribution in [1.29, 1.82) is 0 Å². The van der Waals surface area contributed by atoms with E-state index in [1.807, 2.05) is 0 Å². The Morgan fingerprint density at radius 2 is 0.615 bits per heavy atom. The van der Waals surface area contributed by atoms with Gasteiger partial charge >= 0.3 is 17.6 Å². The molecule has 0 rings (SSSR count). The van der Waals surface area contributed by atoms with Gasteiger partial charge in [0.25, 0.3) is 0 Å². The zero-order valence-electron chi connectivity index (χ0n) is 29.4. The van der Waals surface area contributed by atoms with Crippen LogP contribution >= 0.6 is 0 Å². The average molecular weight is 641 g/mol. The van der Waals surface area contributed by atoms with Crippen molar-refractivity contribution in [2.24, 2.45) is 0 Å². The van der Waals surface area contributed by atoms with Gasteiger partial charge in [0.1, 0.15) is 0 Å². The predicted molar refractivity (Wildman–Crippen MR) is 180 cm³/mol. The van der Waals surface area contributed by atoms with Crippen LogP contribution in [-0.2, 0) is 25.6 Å². The van der Waals surface area contributed by atoms with Crippen LogP contribution in [-0.4, -0.2) is 63.9 Å². The highest BCUT2D eigenvalue weighted by atomic mass is 28.5. The minimum atomic E-state index is -3.01. The minimum Gasteiger partial charge on any atom is -0.416 e. The van der Waals surface area contributed by atoms with Crippen LogP contribution in [0.2, 0.25) is 66.5 Å². The molecule has 0 amide bonds. The maximum Gasteiger partial charge on any atom is 0.500 e. The molecule has 0 bridgehead atoms. The Labute approximate surface area is 249 Å². The standard InChI is InChI=1S/C28H68O6Si5/c1-26(2,3)35(13,14)32-39(33-36(15,16)27(4,5)6,34-37(17,18)28(7,8)9)25-23-21-19-20-22-24-38(29-10,30-11)31-12/h19-25H2,1-18H3. The normalized spacial score (nSPS) is 15.2. The fourth-order valence-electron chi connectivity index (χ4n) is 3.61. The molecular formula is C28H68O6Si5. The van der Waals surface area contributed by atoms with E-state index in [1.165, 1.54) is 0 Å². The van der Waals surface area contributed by atoms with Crippen LogP contribution in [0.4, 0.5) is 0 Å². The lowest BCUT2D eigenvalue weighted by molar-refractivity contribution is 0.122. The van der Waals surface area contributed by atoms with Gasteiger partial charge < -0.3 is 25.6 Å². The molecule has 0 aromatic carbocycles. The molecule has 0 saturated carbocycles. The van der Waals surface area contributed by atoms with E-state index in [9.17, 15) is 0 Å². The molecule has 0 unspecified atom stereocenters. The van der Waals surface area contributed by atoms with Crippen LogP contribution in [0.15, 0.2) is 0 Å². The summed E-state index contributed by atoms with van der Waals surface area (Å²) < 4.78 is 39.1. The first-order chi connectivity index (χ1) is 17.3. The SMILES string of the molecule is CO[Si](CCCCCCC[Si](O[Si](C)(C)C(C)(C)C)(O[Si](C)(C)C(C)(C)C)O[Si](C)(C)C(C)(C)C)(OC)OC. The summed E-state index contributed by atoms with van der Waals surface area (Å²) in [7, 11) is -6.89. The first-order valence-electron chi connectivity index (χ1n) is 15.0. The second-order valence-electron chi connectivity index (χ2n) is 15.8. The second-order valence-corrected chi connectivity index (χ2v) is 36.8. The van der Waals surface area contributed by atoms with E-state index in [2.05, 4.69) is 102 Å². The molecule has 236 valence electrons. The Morgan fingerprint density at radius 3 is 0.846 bits per heavy atom. The van der Waals surface area contributed by atoms with Crippen molar-refractivity contribution in [3.63, 3.8) is 0 Å². The van der Waals surface area contributed by atoms with Gasteiger partial charge in [-0.25, -0.2) is 0 Å². The highest BCUT2D eigenvalue weighted by Crippen LogP contribution is 2.47. The first-order valence-corrected chi connectivity index (χ1v) is 27.6. The number of hydrogen-bond donors (Lipinski definition) is 0. The molecule has 0 aliphatic heterocycles. The first kappa shape index (κ1) is 39.8. The summed E-state index contributed by atoms with van der Waals surface area (Å²) in [6.45, 7) is 35.0. The number of hydrogen-bond acceptors (Lipinski definition) is 6. The summed E-state index contributed by atoms with van der Waals surface area (Å²) >= 11 is 0. The van der Waals surface area contributed by atoms with E-state index in [4.69, 9.17) is 25.6 Å². The molecule has 0 aliphatic carbocycles. The maximum atomic E-state index is 7.43. The van der Waals surface area contributed by atoms with Crippen LogP contribution in [0.1, 0.15) is 94.4 Å². The Bertz CT molecular complexity index is 642. The zero-order valence-corrected chi connectivity index (χ0v) is 34.4. The van der Waals surface area contributed by atoms with Crippen molar-refractivity contribution in [2.45, 2.75) is 161 Å². The van der Waals surface area contributed by atoms with Crippen LogP contribution in [0, 0.1) is 0 Å². The summed E-state index contributed by atoms with van der Waals surface area (Å²) in [5, 5.41) is 0.248.